The van der Waals surface area contributed by atoms with E-state index < -0.39 is 0 Å². The van der Waals surface area contributed by atoms with Gasteiger partial charge in [0.05, 0.1) is 6.54 Å². The monoisotopic (exact) mass is 275 g/mol. The summed E-state index contributed by atoms with van der Waals surface area (Å²) in [6.07, 6.45) is 1.08. The number of ether oxygens (including phenoxy) is 1. The number of ketones is 1. The van der Waals surface area contributed by atoms with Gasteiger partial charge in [-0.05, 0) is 55.6 Å². The molecule has 0 saturated heterocycles. The first kappa shape index (κ1) is 16.4. The number of Topliss-reactive ketones (excluding diaryl/α,β-unsaturated/α-hetero) is 1. The molecule has 0 radical (unpaired) electrons. The van der Waals surface area contributed by atoms with Crippen LogP contribution in [-0.4, -0.2) is 25.5 Å². The summed E-state index contributed by atoms with van der Waals surface area (Å²) in [5.74, 6) is 1.53. The van der Waals surface area contributed by atoms with E-state index in [1.807, 2.05) is 19.1 Å². The van der Waals surface area contributed by atoms with Crippen LogP contribution in [0.25, 0.3) is 0 Å². The lowest BCUT2D eigenvalue weighted by molar-refractivity contribution is 0.0991. The Labute approximate surface area is 122 Å². The molecule has 0 fully saturated rings. The number of benzene rings is 1. The summed E-state index contributed by atoms with van der Waals surface area (Å²) in [6, 6.07) is 7.26. The normalized spacial score (nSPS) is 10.6. The molecule has 0 amide bonds. The van der Waals surface area contributed by atoms with Crippen molar-refractivity contribution in [2.24, 2.45) is 5.92 Å². The molecule has 110 valence electrons. The van der Waals surface area contributed by atoms with E-state index in [4.69, 9.17) is 4.74 Å². The predicted octanol–water partition coefficient (Wildman–Crippen LogP) is 3.46. The first-order valence-electron chi connectivity index (χ1n) is 7.10. The Morgan fingerprint density at radius 1 is 1.30 bits per heavy atom. The molecule has 3 nitrogen and oxygen atoms in total. The molecule has 1 rings (SSSR count). The maximum absolute atomic E-state index is 11.9. The van der Waals surface area contributed by atoms with Crippen molar-refractivity contribution in [3.05, 3.63) is 42.0 Å². The summed E-state index contributed by atoms with van der Waals surface area (Å²) in [6.45, 7) is 11.8. The summed E-state index contributed by atoms with van der Waals surface area (Å²) in [4.78, 5) is 11.9. The number of nitrogens with one attached hydrogen (secondary N) is 1. The van der Waals surface area contributed by atoms with Gasteiger partial charge in [-0.2, -0.15) is 0 Å². The highest BCUT2D eigenvalue weighted by atomic mass is 16.5. The quantitative estimate of drug-likeness (QED) is 0.426. The van der Waals surface area contributed by atoms with E-state index in [1.165, 1.54) is 0 Å². The van der Waals surface area contributed by atoms with Gasteiger partial charge in [0.2, 0.25) is 0 Å². The van der Waals surface area contributed by atoms with Gasteiger partial charge in [0.1, 0.15) is 12.4 Å². The summed E-state index contributed by atoms with van der Waals surface area (Å²) in [5.41, 5.74) is 1.68. The van der Waals surface area contributed by atoms with Crippen molar-refractivity contribution >= 4 is 5.78 Å². The summed E-state index contributed by atoms with van der Waals surface area (Å²) in [5, 5.41) is 3.18. The molecule has 0 aliphatic rings. The van der Waals surface area contributed by atoms with Crippen LogP contribution in [-0.2, 0) is 0 Å². The number of carbonyl (C=O) groups is 1. The van der Waals surface area contributed by atoms with E-state index in [1.54, 1.807) is 12.1 Å². The molecule has 0 heterocycles. The molecule has 3 heteroatoms. The maximum atomic E-state index is 11.9. The summed E-state index contributed by atoms with van der Waals surface area (Å²) in [7, 11) is 0. The van der Waals surface area contributed by atoms with Gasteiger partial charge in [0, 0.05) is 5.56 Å². The van der Waals surface area contributed by atoms with Crippen LogP contribution in [0.1, 0.15) is 37.6 Å². The zero-order valence-electron chi connectivity index (χ0n) is 12.7. The lowest BCUT2D eigenvalue weighted by Crippen LogP contribution is -2.24. The van der Waals surface area contributed by atoms with E-state index in [-0.39, 0.29) is 5.78 Å². The zero-order chi connectivity index (χ0) is 15.0. The van der Waals surface area contributed by atoms with Crippen LogP contribution in [0.4, 0.5) is 0 Å². The molecule has 0 aromatic heterocycles. The third kappa shape index (κ3) is 6.53. The van der Waals surface area contributed by atoms with E-state index in [9.17, 15) is 4.79 Å². The Morgan fingerprint density at radius 2 is 1.95 bits per heavy atom. The van der Waals surface area contributed by atoms with Crippen molar-refractivity contribution in [2.75, 3.05) is 19.7 Å². The molecule has 0 atom stereocenters. The predicted molar refractivity (Wildman–Crippen MR) is 83.4 cm³/mol. The third-order valence-corrected chi connectivity index (χ3v) is 2.85. The average molecular weight is 275 g/mol. The van der Waals surface area contributed by atoms with Crippen molar-refractivity contribution in [3.8, 4) is 5.75 Å². The number of hydrogen-bond acceptors (Lipinski definition) is 3. The molecule has 0 aliphatic carbocycles. The maximum Gasteiger partial charge on any atom is 0.176 e. The second kappa shape index (κ2) is 8.54. The molecule has 1 aromatic rings. The van der Waals surface area contributed by atoms with E-state index in [2.05, 4.69) is 25.7 Å². The fourth-order valence-corrected chi connectivity index (χ4v) is 1.64. The number of rotatable bonds is 9. The zero-order valence-corrected chi connectivity index (χ0v) is 12.7. The van der Waals surface area contributed by atoms with E-state index in [0.717, 1.165) is 24.3 Å². The molecule has 1 N–H and O–H groups in total. The lowest BCUT2D eigenvalue weighted by atomic mass is 10.1. The van der Waals surface area contributed by atoms with Gasteiger partial charge >= 0.3 is 0 Å². The number of carbonyl (C=O) groups excluding carboxylic acids is 1. The molecule has 0 spiro atoms. The summed E-state index contributed by atoms with van der Waals surface area (Å²) < 4.78 is 5.50. The van der Waals surface area contributed by atoms with Crippen molar-refractivity contribution < 1.29 is 9.53 Å². The van der Waals surface area contributed by atoms with Crippen LogP contribution < -0.4 is 10.1 Å². The van der Waals surface area contributed by atoms with Gasteiger partial charge in [-0.25, -0.2) is 0 Å². The average Bonchev–Trinajstić information content (AvgIpc) is 2.41. The topological polar surface area (TPSA) is 38.3 Å². The molecular weight excluding hydrogens is 250 g/mol. The minimum atomic E-state index is 0.111. The molecule has 0 aliphatic heterocycles. The fraction of sp³-hybridized carbons (Fsp3) is 0.471. The van der Waals surface area contributed by atoms with Crippen molar-refractivity contribution in [1.82, 2.24) is 5.32 Å². The smallest absolute Gasteiger partial charge is 0.176 e. The molecule has 0 unspecified atom stereocenters. The van der Waals surface area contributed by atoms with Gasteiger partial charge in [0.15, 0.2) is 5.78 Å². The van der Waals surface area contributed by atoms with Gasteiger partial charge in [0.25, 0.3) is 0 Å². The van der Waals surface area contributed by atoms with Crippen LogP contribution in [0, 0.1) is 5.92 Å². The summed E-state index contributed by atoms with van der Waals surface area (Å²) >= 11 is 0. The Morgan fingerprint density at radius 3 is 2.50 bits per heavy atom. The second-order valence-corrected chi connectivity index (χ2v) is 5.55. The first-order chi connectivity index (χ1) is 9.49. The third-order valence-electron chi connectivity index (χ3n) is 2.85. The minimum Gasteiger partial charge on any atom is -0.489 e. The molecule has 1 aromatic carbocycles. The van der Waals surface area contributed by atoms with E-state index in [0.29, 0.717) is 24.6 Å². The highest BCUT2D eigenvalue weighted by Gasteiger charge is 2.05. The first-order valence-corrected chi connectivity index (χ1v) is 7.10. The Hall–Kier alpha value is -1.61. The van der Waals surface area contributed by atoms with Crippen LogP contribution in [0.3, 0.4) is 0 Å². The SMILES string of the molecule is C=C(C)COc1ccc(C(=O)CNCCC(C)C)cc1. The fourth-order valence-electron chi connectivity index (χ4n) is 1.64. The standard InChI is InChI=1S/C17H25NO2/c1-13(2)9-10-18-11-17(19)15-5-7-16(8-6-15)20-12-14(3)4/h5-8,13,18H,3,9-12H2,1-2,4H3. The number of hydrogen-bond donors (Lipinski definition) is 1. The van der Waals surface area contributed by atoms with Crippen molar-refractivity contribution in [2.45, 2.75) is 27.2 Å². The lowest BCUT2D eigenvalue weighted by Gasteiger charge is -2.08. The van der Waals surface area contributed by atoms with Crippen LogP contribution in [0.5, 0.6) is 5.75 Å². The van der Waals surface area contributed by atoms with Gasteiger partial charge in [-0.15, -0.1) is 0 Å². The molecule has 20 heavy (non-hydrogen) atoms. The van der Waals surface area contributed by atoms with Crippen LogP contribution in [0.15, 0.2) is 36.4 Å². The largest absolute Gasteiger partial charge is 0.489 e. The Balaban J connectivity index is 2.39. The van der Waals surface area contributed by atoms with Crippen LogP contribution >= 0.6 is 0 Å². The van der Waals surface area contributed by atoms with E-state index >= 15 is 0 Å². The van der Waals surface area contributed by atoms with Crippen molar-refractivity contribution in [1.29, 1.82) is 0 Å². The van der Waals surface area contributed by atoms with Gasteiger partial charge in [-0.3, -0.25) is 4.79 Å². The second-order valence-electron chi connectivity index (χ2n) is 5.55. The van der Waals surface area contributed by atoms with Gasteiger partial charge < -0.3 is 10.1 Å². The minimum absolute atomic E-state index is 0.111. The molecule has 0 saturated carbocycles. The Kier molecular flexibility index (Phi) is 7.02. The molecular formula is C17H25NO2. The Bertz CT molecular complexity index is 435. The highest BCUT2D eigenvalue weighted by molar-refractivity contribution is 5.97. The highest BCUT2D eigenvalue weighted by Crippen LogP contribution is 2.13. The molecule has 0 bridgehead atoms. The van der Waals surface area contributed by atoms with Crippen LogP contribution in [0.2, 0.25) is 0 Å². The van der Waals surface area contributed by atoms with Gasteiger partial charge in [-0.1, -0.05) is 20.4 Å². The van der Waals surface area contributed by atoms with Crippen molar-refractivity contribution in [3.63, 3.8) is 0 Å².